The molecule has 5 heteroatoms. The molecule has 0 saturated heterocycles. The van der Waals surface area contributed by atoms with Crippen LogP contribution in [0.2, 0.25) is 5.02 Å². The largest absolute Gasteiger partial charge is 0.497 e. The van der Waals surface area contributed by atoms with Crippen molar-refractivity contribution in [3.05, 3.63) is 47.0 Å². The number of anilines is 1. The lowest BCUT2D eigenvalue weighted by atomic mass is 10.2. The molecule has 0 bridgehead atoms. The zero-order valence-electron chi connectivity index (χ0n) is 12.3. The first kappa shape index (κ1) is 15.3. The Labute approximate surface area is 129 Å². The van der Waals surface area contributed by atoms with Gasteiger partial charge in [-0.05, 0) is 17.7 Å². The first-order valence-electron chi connectivity index (χ1n) is 6.46. The monoisotopic (exact) mass is 307 g/mol. The second kappa shape index (κ2) is 7.09. The number of methoxy groups -OCH3 is 3. The summed E-state index contributed by atoms with van der Waals surface area (Å²) >= 11 is 6.24. The molecule has 0 aliphatic rings. The van der Waals surface area contributed by atoms with Gasteiger partial charge in [0.25, 0.3) is 0 Å². The van der Waals surface area contributed by atoms with Crippen molar-refractivity contribution >= 4 is 17.3 Å². The van der Waals surface area contributed by atoms with Crippen LogP contribution in [0.1, 0.15) is 5.56 Å². The van der Waals surface area contributed by atoms with E-state index in [9.17, 15) is 0 Å². The molecule has 0 aliphatic heterocycles. The molecule has 112 valence electrons. The lowest BCUT2D eigenvalue weighted by Crippen LogP contribution is -2.01. The molecule has 0 saturated carbocycles. The molecule has 2 aromatic rings. The van der Waals surface area contributed by atoms with Gasteiger partial charge in [0.2, 0.25) is 0 Å². The summed E-state index contributed by atoms with van der Waals surface area (Å²) in [4.78, 5) is 0. The SMILES string of the molecule is COc1cccc(CNc2cc(OC)c(OC)cc2Cl)c1. The smallest absolute Gasteiger partial charge is 0.162 e. The van der Waals surface area contributed by atoms with E-state index >= 15 is 0 Å². The van der Waals surface area contributed by atoms with Gasteiger partial charge in [-0.25, -0.2) is 0 Å². The fourth-order valence-electron chi connectivity index (χ4n) is 1.97. The summed E-state index contributed by atoms with van der Waals surface area (Å²) in [5.74, 6) is 2.07. The van der Waals surface area contributed by atoms with E-state index in [4.69, 9.17) is 25.8 Å². The Hall–Kier alpha value is -2.07. The number of hydrogen-bond donors (Lipinski definition) is 1. The van der Waals surface area contributed by atoms with Crippen LogP contribution in [-0.2, 0) is 6.54 Å². The van der Waals surface area contributed by atoms with E-state index in [1.807, 2.05) is 30.3 Å². The van der Waals surface area contributed by atoms with Crippen molar-refractivity contribution in [3.8, 4) is 17.2 Å². The molecule has 2 aromatic carbocycles. The Bertz CT molecular complexity index is 616. The number of hydrogen-bond acceptors (Lipinski definition) is 4. The summed E-state index contributed by atoms with van der Waals surface area (Å²) in [5.41, 5.74) is 1.89. The van der Waals surface area contributed by atoms with E-state index in [0.29, 0.717) is 23.1 Å². The van der Waals surface area contributed by atoms with Crippen molar-refractivity contribution in [2.24, 2.45) is 0 Å². The van der Waals surface area contributed by atoms with Gasteiger partial charge in [0.1, 0.15) is 5.75 Å². The minimum Gasteiger partial charge on any atom is -0.497 e. The van der Waals surface area contributed by atoms with Gasteiger partial charge < -0.3 is 19.5 Å². The minimum atomic E-state index is 0.579. The van der Waals surface area contributed by atoms with Crippen LogP contribution < -0.4 is 19.5 Å². The maximum absolute atomic E-state index is 6.24. The van der Waals surface area contributed by atoms with Crippen LogP contribution in [0.5, 0.6) is 17.2 Å². The van der Waals surface area contributed by atoms with Gasteiger partial charge in [-0.2, -0.15) is 0 Å². The van der Waals surface area contributed by atoms with Crippen molar-refractivity contribution in [2.45, 2.75) is 6.54 Å². The Morgan fingerprint density at radius 1 is 0.952 bits per heavy atom. The van der Waals surface area contributed by atoms with E-state index in [1.54, 1.807) is 27.4 Å². The summed E-state index contributed by atoms with van der Waals surface area (Å²) in [5, 5.41) is 3.86. The van der Waals surface area contributed by atoms with Crippen molar-refractivity contribution < 1.29 is 14.2 Å². The van der Waals surface area contributed by atoms with E-state index < -0.39 is 0 Å². The third-order valence-corrected chi connectivity index (χ3v) is 3.40. The lowest BCUT2D eigenvalue weighted by Gasteiger charge is -2.13. The Kier molecular flexibility index (Phi) is 5.17. The highest BCUT2D eigenvalue weighted by Crippen LogP contribution is 2.36. The summed E-state index contributed by atoms with van der Waals surface area (Å²) in [6, 6.07) is 11.4. The Balaban J connectivity index is 2.15. The van der Waals surface area contributed by atoms with Crippen LogP contribution in [0.15, 0.2) is 36.4 Å². The Morgan fingerprint density at radius 2 is 1.67 bits per heavy atom. The van der Waals surface area contributed by atoms with Crippen LogP contribution >= 0.6 is 11.6 Å². The maximum atomic E-state index is 6.24. The van der Waals surface area contributed by atoms with Gasteiger partial charge in [-0.1, -0.05) is 23.7 Å². The van der Waals surface area contributed by atoms with Crippen molar-refractivity contribution in [3.63, 3.8) is 0 Å². The maximum Gasteiger partial charge on any atom is 0.162 e. The highest BCUT2D eigenvalue weighted by molar-refractivity contribution is 6.33. The lowest BCUT2D eigenvalue weighted by molar-refractivity contribution is 0.355. The summed E-state index contributed by atoms with van der Waals surface area (Å²) in [6.07, 6.45) is 0. The molecule has 0 atom stereocenters. The molecule has 0 spiro atoms. The van der Waals surface area contributed by atoms with Crippen LogP contribution in [0.4, 0.5) is 5.69 Å². The topological polar surface area (TPSA) is 39.7 Å². The predicted molar refractivity (Wildman–Crippen MR) is 84.9 cm³/mol. The van der Waals surface area contributed by atoms with E-state index in [-0.39, 0.29) is 0 Å². The molecule has 2 rings (SSSR count). The average molecular weight is 308 g/mol. The van der Waals surface area contributed by atoms with Gasteiger partial charge >= 0.3 is 0 Å². The molecule has 0 fully saturated rings. The molecular weight excluding hydrogens is 290 g/mol. The van der Waals surface area contributed by atoms with Gasteiger partial charge in [-0.15, -0.1) is 0 Å². The molecular formula is C16H18ClNO3. The molecule has 0 amide bonds. The molecule has 21 heavy (non-hydrogen) atoms. The molecule has 0 unspecified atom stereocenters. The van der Waals surface area contributed by atoms with Crippen LogP contribution in [0.3, 0.4) is 0 Å². The molecule has 0 aliphatic carbocycles. The molecule has 4 nitrogen and oxygen atoms in total. The third kappa shape index (κ3) is 3.73. The second-order valence-electron chi connectivity index (χ2n) is 4.39. The molecule has 0 aromatic heterocycles. The van der Waals surface area contributed by atoms with E-state index in [2.05, 4.69) is 5.32 Å². The quantitative estimate of drug-likeness (QED) is 0.876. The van der Waals surface area contributed by atoms with Gasteiger partial charge in [0.15, 0.2) is 11.5 Å². The fourth-order valence-corrected chi connectivity index (χ4v) is 2.19. The highest BCUT2D eigenvalue weighted by atomic mass is 35.5. The highest BCUT2D eigenvalue weighted by Gasteiger charge is 2.09. The van der Waals surface area contributed by atoms with E-state index in [0.717, 1.165) is 17.0 Å². The molecule has 0 heterocycles. The first-order valence-corrected chi connectivity index (χ1v) is 6.84. The number of ether oxygens (including phenoxy) is 3. The van der Waals surface area contributed by atoms with Crippen LogP contribution in [0.25, 0.3) is 0 Å². The van der Waals surface area contributed by atoms with E-state index in [1.165, 1.54) is 0 Å². The predicted octanol–water partition coefficient (Wildman–Crippen LogP) is 3.98. The fraction of sp³-hybridized carbons (Fsp3) is 0.250. The zero-order valence-corrected chi connectivity index (χ0v) is 13.0. The van der Waals surface area contributed by atoms with Crippen LogP contribution in [-0.4, -0.2) is 21.3 Å². The second-order valence-corrected chi connectivity index (χ2v) is 4.80. The first-order chi connectivity index (χ1) is 10.2. The zero-order chi connectivity index (χ0) is 15.2. The molecule has 1 N–H and O–H groups in total. The average Bonchev–Trinajstić information content (AvgIpc) is 2.53. The summed E-state index contributed by atoms with van der Waals surface area (Å²) < 4.78 is 15.7. The number of halogens is 1. The number of rotatable bonds is 6. The van der Waals surface area contributed by atoms with Gasteiger partial charge in [0, 0.05) is 18.7 Å². The molecule has 0 radical (unpaired) electrons. The normalized spacial score (nSPS) is 10.1. The Morgan fingerprint density at radius 3 is 2.33 bits per heavy atom. The minimum absolute atomic E-state index is 0.579. The summed E-state index contributed by atoms with van der Waals surface area (Å²) in [6.45, 7) is 0.631. The third-order valence-electron chi connectivity index (χ3n) is 3.09. The van der Waals surface area contributed by atoms with Crippen molar-refractivity contribution in [2.75, 3.05) is 26.6 Å². The van der Waals surface area contributed by atoms with Crippen molar-refractivity contribution in [1.29, 1.82) is 0 Å². The van der Waals surface area contributed by atoms with Crippen molar-refractivity contribution in [1.82, 2.24) is 0 Å². The number of benzene rings is 2. The number of nitrogens with one attached hydrogen (secondary N) is 1. The van der Waals surface area contributed by atoms with Crippen LogP contribution in [0, 0.1) is 0 Å². The van der Waals surface area contributed by atoms with Gasteiger partial charge in [-0.3, -0.25) is 0 Å². The van der Waals surface area contributed by atoms with Gasteiger partial charge in [0.05, 0.1) is 32.0 Å². The standard InChI is InChI=1S/C16H18ClNO3/c1-19-12-6-4-5-11(7-12)10-18-14-9-16(21-3)15(20-2)8-13(14)17/h4-9,18H,10H2,1-3H3. The summed E-state index contributed by atoms with van der Waals surface area (Å²) in [7, 11) is 4.83.